The summed E-state index contributed by atoms with van der Waals surface area (Å²) in [7, 11) is -3.52. The van der Waals surface area contributed by atoms with Crippen LogP contribution in [0.4, 0.5) is 0 Å². The van der Waals surface area contributed by atoms with E-state index in [4.69, 9.17) is 4.42 Å². The predicted molar refractivity (Wildman–Crippen MR) is 78.4 cm³/mol. The number of nitrogens with one attached hydrogen (secondary N) is 2. The molecule has 0 aliphatic rings. The van der Waals surface area contributed by atoms with Crippen molar-refractivity contribution in [3.63, 3.8) is 0 Å². The lowest BCUT2D eigenvalue weighted by molar-refractivity contribution is 0.463. The Morgan fingerprint density at radius 1 is 1.42 bits per heavy atom. The van der Waals surface area contributed by atoms with Gasteiger partial charge in [0.1, 0.15) is 10.7 Å². The molecule has 0 fully saturated rings. The topological polar surface area (TPSA) is 71.3 Å². The van der Waals surface area contributed by atoms with Crippen LogP contribution in [0.25, 0.3) is 0 Å². The second-order valence-corrected chi connectivity index (χ2v) is 6.95. The van der Waals surface area contributed by atoms with Gasteiger partial charge < -0.3 is 9.73 Å². The standard InChI is InChI=1S/C12H21BrN2O3S/c1-4-9(3)7-15-19(16,17)11-6-10(8-14-5-2)18-12(11)13/h6,9,14-15H,4-5,7-8H2,1-3H3. The van der Waals surface area contributed by atoms with Crippen LogP contribution in [0.15, 0.2) is 20.0 Å². The molecular formula is C12H21BrN2O3S. The summed E-state index contributed by atoms with van der Waals surface area (Å²) in [5, 5.41) is 3.09. The Labute approximate surface area is 123 Å². The van der Waals surface area contributed by atoms with Crippen molar-refractivity contribution >= 4 is 26.0 Å². The van der Waals surface area contributed by atoms with Crippen molar-refractivity contribution in [3.05, 3.63) is 16.5 Å². The third-order valence-corrected chi connectivity index (χ3v) is 5.14. The molecule has 0 saturated heterocycles. The number of halogens is 1. The Morgan fingerprint density at radius 3 is 2.68 bits per heavy atom. The molecular weight excluding hydrogens is 332 g/mol. The van der Waals surface area contributed by atoms with Gasteiger partial charge in [-0.1, -0.05) is 27.2 Å². The largest absolute Gasteiger partial charge is 0.452 e. The Kier molecular flexibility index (Phi) is 6.52. The third-order valence-electron chi connectivity index (χ3n) is 2.86. The highest BCUT2D eigenvalue weighted by Gasteiger charge is 2.22. The molecule has 0 aliphatic carbocycles. The second kappa shape index (κ2) is 7.42. The molecule has 0 radical (unpaired) electrons. The third kappa shape index (κ3) is 4.91. The lowest BCUT2D eigenvalue weighted by Gasteiger charge is -2.09. The SMILES string of the molecule is CCNCc1cc(S(=O)(=O)NCC(C)CC)c(Br)o1. The van der Waals surface area contributed by atoms with Crippen molar-refractivity contribution in [2.24, 2.45) is 5.92 Å². The van der Waals surface area contributed by atoms with Crippen LogP contribution in [-0.2, 0) is 16.6 Å². The van der Waals surface area contributed by atoms with Gasteiger partial charge in [-0.2, -0.15) is 0 Å². The van der Waals surface area contributed by atoms with E-state index < -0.39 is 10.0 Å². The summed E-state index contributed by atoms with van der Waals surface area (Å²) in [5.41, 5.74) is 0. The first-order valence-electron chi connectivity index (χ1n) is 6.39. The highest BCUT2D eigenvalue weighted by atomic mass is 79.9. The normalized spacial score (nSPS) is 13.7. The maximum absolute atomic E-state index is 12.1. The first kappa shape index (κ1) is 16.7. The molecule has 7 heteroatoms. The first-order valence-corrected chi connectivity index (χ1v) is 8.66. The maximum atomic E-state index is 12.1. The molecule has 19 heavy (non-hydrogen) atoms. The van der Waals surface area contributed by atoms with E-state index in [0.29, 0.717) is 24.8 Å². The second-order valence-electron chi connectivity index (χ2n) is 4.50. The summed E-state index contributed by atoms with van der Waals surface area (Å²) in [6, 6.07) is 1.55. The fourth-order valence-corrected chi connectivity index (χ4v) is 3.55. The fourth-order valence-electron chi connectivity index (χ4n) is 1.39. The number of hydrogen-bond donors (Lipinski definition) is 2. The summed E-state index contributed by atoms with van der Waals surface area (Å²) >= 11 is 3.16. The Bertz CT molecular complexity index is 499. The summed E-state index contributed by atoms with van der Waals surface area (Å²) < 4.78 is 32.5. The summed E-state index contributed by atoms with van der Waals surface area (Å²) in [4.78, 5) is 0.156. The molecule has 0 aliphatic heterocycles. The minimum Gasteiger partial charge on any atom is -0.452 e. The number of rotatable bonds is 8. The van der Waals surface area contributed by atoms with Crippen molar-refractivity contribution in [1.29, 1.82) is 0 Å². The van der Waals surface area contributed by atoms with Gasteiger partial charge in [0.05, 0.1) is 6.54 Å². The van der Waals surface area contributed by atoms with Crippen LogP contribution < -0.4 is 10.0 Å². The van der Waals surface area contributed by atoms with Crippen LogP contribution >= 0.6 is 15.9 Å². The molecule has 0 saturated carbocycles. The van der Waals surface area contributed by atoms with Crippen LogP contribution in [-0.4, -0.2) is 21.5 Å². The summed E-state index contributed by atoms with van der Waals surface area (Å²) in [6.45, 7) is 7.75. The monoisotopic (exact) mass is 352 g/mol. The van der Waals surface area contributed by atoms with Gasteiger partial charge in [0.2, 0.25) is 10.0 Å². The van der Waals surface area contributed by atoms with Crippen LogP contribution in [0.3, 0.4) is 0 Å². The molecule has 0 amide bonds. The average molecular weight is 353 g/mol. The van der Waals surface area contributed by atoms with Crippen LogP contribution in [0.5, 0.6) is 0 Å². The van der Waals surface area contributed by atoms with Gasteiger partial charge in [0.25, 0.3) is 0 Å². The van der Waals surface area contributed by atoms with E-state index in [1.54, 1.807) is 6.07 Å². The fraction of sp³-hybridized carbons (Fsp3) is 0.667. The van der Waals surface area contributed by atoms with E-state index in [1.807, 2.05) is 20.8 Å². The number of hydrogen-bond acceptors (Lipinski definition) is 4. The van der Waals surface area contributed by atoms with Gasteiger partial charge in [-0.25, -0.2) is 13.1 Å². The average Bonchev–Trinajstić information content (AvgIpc) is 2.75. The minimum absolute atomic E-state index is 0.156. The van der Waals surface area contributed by atoms with Crippen molar-refractivity contribution in [2.75, 3.05) is 13.1 Å². The molecule has 1 rings (SSSR count). The highest BCUT2D eigenvalue weighted by molar-refractivity contribution is 9.10. The van der Waals surface area contributed by atoms with Crippen LogP contribution in [0, 0.1) is 5.92 Å². The quantitative estimate of drug-likeness (QED) is 0.753. The zero-order valence-electron chi connectivity index (χ0n) is 11.5. The van der Waals surface area contributed by atoms with E-state index in [9.17, 15) is 8.42 Å². The van der Waals surface area contributed by atoms with Gasteiger partial charge in [-0.05, 0) is 28.4 Å². The summed E-state index contributed by atoms with van der Waals surface area (Å²) in [6.07, 6.45) is 0.931. The van der Waals surface area contributed by atoms with Gasteiger partial charge in [0.15, 0.2) is 4.67 Å². The van der Waals surface area contributed by atoms with Crippen molar-refractivity contribution in [2.45, 2.75) is 38.6 Å². The van der Waals surface area contributed by atoms with E-state index >= 15 is 0 Å². The number of furan rings is 1. The predicted octanol–water partition coefficient (Wildman–Crippen LogP) is 2.48. The van der Waals surface area contributed by atoms with Gasteiger partial charge >= 0.3 is 0 Å². The zero-order valence-corrected chi connectivity index (χ0v) is 13.9. The lowest BCUT2D eigenvalue weighted by atomic mass is 10.1. The zero-order chi connectivity index (χ0) is 14.5. The molecule has 110 valence electrons. The molecule has 0 bridgehead atoms. The summed E-state index contributed by atoms with van der Waals surface area (Å²) in [5.74, 6) is 0.902. The molecule has 1 heterocycles. The van der Waals surface area contributed by atoms with Crippen LogP contribution in [0.2, 0.25) is 0 Å². The highest BCUT2D eigenvalue weighted by Crippen LogP contribution is 2.26. The molecule has 1 unspecified atom stereocenters. The minimum atomic E-state index is -3.52. The van der Waals surface area contributed by atoms with E-state index in [-0.39, 0.29) is 9.56 Å². The molecule has 2 N–H and O–H groups in total. The van der Waals surface area contributed by atoms with Crippen molar-refractivity contribution in [1.82, 2.24) is 10.0 Å². The van der Waals surface area contributed by atoms with E-state index in [0.717, 1.165) is 13.0 Å². The number of sulfonamides is 1. The smallest absolute Gasteiger partial charge is 0.244 e. The van der Waals surface area contributed by atoms with E-state index in [1.165, 1.54) is 0 Å². The Hall–Kier alpha value is -0.370. The van der Waals surface area contributed by atoms with Gasteiger partial charge in [-0.3, -0.25) is 0 Å². The molecule has 0 aromatic carbocycles. The van der Waals surface area contributed by atoms with Crippen LogP contribution in [0.1, 0.15) is 33.0 Å². The van der Waals surface area contributed by atoms with Crippen molar-refractivity contribution in [3.8, 4) is 0 Å². The van der Waals surface area contributed by atoms with Crippen molar-refractivity contribution < 1.29 is 12.8 Å². The van der Waals surface area contributed by atoms with E-state index in [2.05, 4.69) is 26.0 Å². The van der Waals surface area contributed by atoms with Gasteiger partial charge in [-0.15, -0.1) is 0 Å². The Balaban J connectivity index is 2.80. The maximum Gasteiger partial charge on any atom is 0.244 e. The first-order chi connectivity index (χ1) is 8.90. The molecule has 1 aromatic rings. The Morgan fingerprint density at radius 2 is 2.11 bits per heavy atom. The molecule has 1 atom stereocenters. The molecule has 1 aromatic heterocycles. The van der Waals surface area contributed by atoms with Gasteiger partial charge in [0, 0.05) is 12.6 Å². The molecule has 0 spiro atoms. The lowest BCUT2D eigenvalue weighted by Crippen LogP contribution is -2.28. The molecule has 5 nitrogen and oxygen atoms in total.